The number of primary amides is 1. The largest absolute Gasteiger partial charge is 0.466 e. The van der Waals surface area contributed by atoms with Gasteiger partial charge in [0, 0.05) is 37.1 Å². The molecule has 0 saturated heterocycles. The Kier molecular flexibility index (Phi) is 10.8. The zero-order valence-electron chi connectivity index (χ0n) is 30.5. The van der Waals surface area contributed by atoms with Gasteiger partial charge in [0.15, 0.2) is 22.6 Å². The summed E-state index contributed by atoms with van der Waals surface area (Å²) in [5, 5.41) is 17.8. The maximum atomic E-state index is 11.6. The van der Waals surface area contributed by atoms with Crippen molar-refractivity contribution in [3.8, 4) is 0 Å². The Morgan fingerprint density at radius 3 is 1.71 bits per heavy atom. The van der Waals surface area contributed by atoms with Crippen molar-refractivity contribution in [3.05, 3.63) is 48.6 Å². The van der Waals surface area contributed by atoms with Crippen LogP contribution in [0, 0.1) is 23.7 Å². The predicted molar refractivity (Wildman–Crippen MR) is 197 cm³/mol. The summed E-state index contributed by atoms with van der Waals surface area (Å²) in [4.78, 5) is 37.7. The minimum Gasteiger partial charge on any atom is -0.466 e. The Labute approximate surface area is 302 Å². The van der Waals surface area contributed by atoms with Crippen molar-refractivity contribution in [2.24, 2.45) is 29.4 Å². The number of H-pyrrole nitrogens is 2. The van der Waals surface area contributed by atoms with E-state index < -0.39 is 0 Å². The highest BCUT2D eigenvalue weighted by Crippen LogP contribution is 2.47. The van der Waals surface area contributed by atoms with Crippen LogP contribution in [0.15, 0.2) is 36.9 Å². The number of esters is 1. The van der Waals surface area contributed by atoms with Gasteiger partial charge in [-0.25, -0.2) is 9.97 Å². The second kappa shape index (κ2) is 15.8. The molecule has 6 aromatic heterocycles. The van der Waals surface area contributed by atoms with Crippen molar-refractivity contribution in [2.75, 3.05) is 6.61 Å². The van der Waals surface area contributed by atoms with Gasteiger partial charge in [0.2, 0.25) is 5.91 Å². The summed E-state index contributed by atoms with van der Waals surface area (Å²) in [6.07, 6.45) is 19.2. The summed E-state index contributed by atoms with van der Waals surface area (Å²) in [6.45, 7) is 6.82. The number of rotatable bonds is 13. The molecule has 6 heterocycles. The third-order valence-corrected chi connectivity index (χ3v) is 11.6. The summed E-state index contributed by atoms with van der Waals surface area (Å²) in [5.74, 6) is 5.09. The summed E-state index contributed by atoms with van der Waals surface area (Å²) in [5.41, 5.74) is 10.7. The van der Waals surface area contributed by atoms with E-state index in [2.05, 4.69) is 63.0 Å². The van der Waals surface area contributed by atoms with Crippen molar-refractivity contribution in [3.63, 3.8) is 0 Å². The van der Waals surface area contributed by atoms with E-state index in [0.717, 1.165) is 96.6 Å². The van der Waals surface area contributed by atoms with Crippen molar-refractivity contribution in [1.29, 1.82) is 0 Å². The molecular formula is C38H51N11O3. The fourth-order valence-electron chi connectivity index (χ4n) is 9.10. The molecule has 0 spiro atoms. The first-order valence-corrected chi connectivity index (χ1v) is 19.2. The van der Waals surface area contributed by atoms with Crippen molar-refractivity contribution < 1.29 is 14.3 Å². The van der Waals surface area contributed by atoms with Gasteiger partial charge >= 0.3 is 5.97 Å². The number of carbonyl (C=O) groups is 2. The van der Waals surface area contributed by atoms with Gasteiger partial charge in [0.05, 0.1) is 30.0 Å². The highest BCUT2D eigenvalue weighted by atomic mass is 16.5. The first-order chi connectivity index (χ1) is 25.4. The van der Waals surface area contributed by atoms with Gasteiger partial charge in [-0.2, -0.15) is 0 Å². The zero-order chi connectivity index (χ0) is 36.2. The van der Waals surface area contributed by atoms with Crippen LogP contribution in [-0.4, -0.2) is 67.6 Å². The number of hydrogen-bond donors (Lipinski definition) is 3. The Balaban J connectivity index is 0.000000162. The summed E-state index contributed by atoms with van der Waals surface area (Å²) in [6, 6.07) is 4.07. The molecule has 14 heteroatoms. The first-order valence-electron chi connectivity index (χ1n) is 19.2. The molecule has 0 bridgehead atoms. The third-order valence-electron chi connectivity index (χ3n) is 11.6. The number of amides is 1. The lowest BCUT2D eigenvalue weighted by molar-refractivity contribution is -0.143. The van der Waals surface area contributed by atoms with Crippen LogP contribution in [0.3, 0.4) is 0 Å². The van der Waals surface area contributed by atoms with Crippen LogP contribution in [0.2, 0.25) is 0 Å². The minimum atomic E-state index is -0.201. The highest BCUT2D eigenvalue weighted by molar-refractivity contribution is 5.75. The molecule has 6 atom stereocenters. The van der Waals surface area contributed by atoms with E-state index in [4.69, 9.17) is 10.5 Å². The lowest BCUT2D eigenvalue weighted by Gasteiger charge is -2.16. The van der Waals surface area contributed by atoms with E-state index in [0.29, 0.717) is 55.0 Å². The number of nitrogens with two attached hydrogens (primary N) is 1. The number of fused-ring (bicyclic) bond motifs is 6. The van der Waals surface area contributed by atoms with Crippen LogP contribution in [0.1, 0.15) is 121 Å². The second-order valence-corrected chi connectivity index (χ2v) is 14.7. The smallest absolute Gasteiger partial charge is 0.305 e. The number of aromatic nitrogens is 10. The summed E-state index contributed by atoms with van der Waals surface area (Å²) < 4.78 is 9.35. The molecule has 2 aliphatic carbocycles. The average molecular weight is 710 g/mol. The molecule has 14 nitrogen and oxygen atoms in total. The van der Waals surface area contributed by atoms with Crippen LogP contribution in [0.25, 0.3) is 33.6 Å². The predicted octanol–water partition coefficient (Wildman–Crippen LogP) is 6.64. The topological polar surface area (TPSA) is 187 Å². The van der Waals surface area contributed by atoms with Crippen LogP contribution >= 0.6 is 0 Å². The highest BCUT2D eigenvalue weighted by Gasteiger charge is 2.38. The molecule has 6 aromatic rings. The summed E-state index contributed by atoms with van der Waals surface area (Å²) >= 11 is 0. The van der Waals surface area contributed by atoms with Gasteiger partial charge in [-0.3, -0.25) is 18.4 Å². The van der Waals surface area contributed by atoms with E-state index in [9.17, 15) is 9.59 Å². The Morgan fingerprint density at radius 2 is 1.25 bits per heavy atom. The number of hydrogen-bond acceptors (Lipinski definition) is 9. The molecule has 2 fully saturated rings. The molecule has 52 heavy (non-hydrogen) atoms. The molecule has 0 aliphatic heterocycles. The van der Waals surface area contributed by atoms with E-state index in [-0.39, 0.29) is 11.9 Å². The molecule has 4 N–H and O–H groups in total. The van der Waals surface area contributed by atoms with Crippen LogP contribution in [-0.2, 0) is 14.3 Å². The SMILES string of the molecule is CCC1CC(CCCC(N)=O)CC1c1nnc2cnc3[nH]ccc3n12.CCOC(=O)CCCC1CC(CC)C(c2nnc3cnc4[nH]ccc4n23)C1. The van der Waals surface area contributed by atoms with Gasteiger partial charge in [-0.05, 0) is 94.1 Å². The monoisotopic (exact) mass is 709 g/mol. The molecule has 6 unspecified atom stereocenters. The minimum absolute atomic E-state index is 0.0788. The molecule has 276 valence electrons. The number of ether oxygens (including phenoxy) is 1. The van der Waals surface area contributed by atoms with Gasteiger partial charge < -0.3 is 20.4 Å². The molecule has 2 saturated carbocycles. The number of nitrogens with one attached hydrogen (secondary N) is 2. The van der Waals surface area contributed by atoms with Crippen molar-refractivity contribution in [2.45, 2.75) is 110 Å². The van der Waals surface area contributed by atoms with E-state index in [1.54, 1.807) is 12.4 Å². The number of carbonyl (C=O) groups excluding carboxylic acids is 2. The molecular weight excluding hydrogens is 658 g/mol. The molecule has 8 rings (SSSR count). The van der Waals surface area contributed by atoms with Gasteiger partial charge in [0.25, 0.3) is 0 Å². The van der Waals surface area contributed by atoms with Gasteiger partial charge in [-0.15, -0.1) is 20.4 Å². The lowest BCUT2D eigenvalue weighted by Crippen LogP contribution is -2.10. The molecule has 0 radical (unpaired) electrons. The van der Waals surface area contributed by atoms with E-state index >= 15 is 0 Å². The molecule has 1 amide bonds. The van der Waals surface area contributed by atoms with Crippen molar-refractivity contribution >= 4 is 45.5 Å². The summed E-state index contributed by atoms with van der Waals surface area (Å²) in [7, 11) is 0. The van der Waals surface area contributed by atoms with Crippen LogP contribution < -0.4 is 5.73 Å². The number of nitrogens with zero attached hydrogens (tertiary/aromatic N) is 8. The van der Waals surface area contributed by atoms with Crippen molar-refractivity contribution in [1.82, 2.24) is 49.1 Å². The van der Waals surface area contributed by atoms with E-state index in [1.807, 2.05) is 31.5 Å². The fourth-order valence-corrected chi connectivity index (χ4v) is 9.10. The van der Waals surface area contributed by atoms with Gasteiger partial charge in [0.1, 0.15) is 11.6 Å². The fraction of sp³-hybridized carbons (Fsp3) is 0.579. The standard InChI is InChI=1S/C20H27N5O2.C18H24N6O/c1-3-14-10-13(6-5-7-18(26)27-4-2)11-15(14)20-24-23-17-12-22-19-16(25(17)20)8-9-21-19;1-2-12-8-11(4-3-5-15(19)25)9-13(12)18-23-22-16-10-21-17-14(24(16)18)6-7-20-17/h8-9,12-15,21H,3-7,10-11H2,1-2H3;6-7,10-13,20H,2-5,8-9H2,1H3,(H2,19,25). The molecule has 2 aliphatic rings. The third kappa shape index (κ3) is 7.24. The Morgan fingerprint density at radius 1 is 0.750 bits per heavy atom. The van der Waals surface area contributed by atoms with Crippen LogP contribution in [0.5, 0.6) is 0 Å². The van der Waals surface area contributed by atoms with E-state index in [1.165, 1.54) is 12.8 Å². The maximum Gasteiger partial charge on any atom is 0.305 e. The quantitative estimate of drug-likeness (QED) is 0.111. The van der Waals surface area contributed by atoms with Gasteiger partial charge in [-0.1, -0.05) is 26.7 Å². The molecule has 0 aromatic carbocycles. The van der Waals surface area contributed by atoms with Crippen LogP contribution in [0.4, 0.5) is 0 Å². The Bertz CT molecular complexity index is 2130. The Hall–Kier alpha value is -4.88. The zero-order valence-corrected chi connectivity index (χ0v) is 30.5. The maximum absolute atomic E-state index is 11.6. The first kappa shape index (κ1) is 35.5. The number of aromatic amines is 2. The lowest BCUT2D eigenvalue weighted by atomic mass is 9.93. The average Bonchev–Trinajstić information content (AvgIpc) is 3.98. The normalized spacial score (nSPS) is 23.1. The second-order valence-electron chi connectivity index (χ2n) is 14.7.